The van der Waals surface area contributed by atoms with Crippen molar-refractivity contribution in [1.82, 2.24) is 4.90 Å². The summed E-state index contributed by atoms with van der Waals surface area (Å²) in [5.41, 5.74) is 2.86. The van der Waals surface area contributed by atoms with Crippen molar-refractivity contribution in [3.8, 4) is 0 Å². The van der Waals surface area contributed by atoms with Crippen molar-refractivity contribution in [2.75, 3.05) is 17.2 Å². The summed E-state index contributed by atoms with van der Waals surface area (Å²) in [6, 6.07) is 24.0. The van der Waals surface area contributed by atoms with Gasteiger partial charge < -0.3 is 15.5 Å². The van der Waals surface area contributed by atoms with E-state index in [1.807, 2.05) is 24.3 Å². The first kappa shape index (κ1) is 26.6. The summed E-state index contributed by atoms with van der Waals surface area (Å²) in [6.07, 6.45) is 0.198. The van der Waals surface area contributed by atoms with Gasteiger partial charge in [-0.2, -0.15) is 0 Å². The fourth-order valence-electron chi connectivity index (χ4n) is 4.55. The predicted molar refractivity (Wildman–Crippen MR) is 152 cm³/mol. The highest BCUT2D eigenvalue weighted by Gasteiger charge is 2.35. The van der Waals surface area contributed by atoms with E-state index in [0.717, 1.165) is 10.0 Å². The van der Waals surface area contributed by atoms with Crippen molar-refractivity contribution in [1.29, 1.82) is 0 Å². The van der Waals surface area contributed by atoms with Crippen LogP contribution in [0.15, 0.2) is 95.5 Å². The van der Waals surface area contributed by atoms with E-state index in [1.165, 1.54) is 11.0 Å². The molecule has 1 aliphatic heterocycles. The lowest BCUT2D eigenvalue weighted by molar-refractivity contribution is -0.117. The Morgan fingerprint density at radius 1 is 0.974 bits per heavy atom. The smallest absolute Gasteiger partial charge is 0.255 e. The molecule has 1 aliphatic rings. The fraction of sp³-hybridized carbons (Fsp3) is 0.100. The molecule has 39 heavy (non-hydrogen) atoms. The van der Waals surface area contributed by atoms with Crippen molar-refractivity contribution in [3.63, 3.8) is 0 Å². The Morgan fingerprint density at radius 2 is 1.69 bits per heavy atom. The van der Waals surface area contributed by atoms with E-state index in [0.29, 0.717) is 22.0 Å². The number of halogens is 3. The molecular formula is C30H22BrClFN3O3. The molecule has 0 aliphatic carbocycles. The lowest BCUT2D eigenvalue weighted by Crippen LogP contribution is -2.39. The van der Waals surface area contributed by atoms with Gasteiger partial charge >= 0.3 is 0 Å². The van der Waals surface area contributed by atoms with Crippen LogP contribution in [0.25, 0.3) is 0 Å². The summed E-state index contributed by atoms with van der Waals surface area (Å²) in [6.45, 7) is -0.296. The largest absolute Gasteiger partial charge is 0.326 e. The van der Waals surface area contributed by atoms with Crippen LogP contribution in [0.3, 0.4) is 0 Å². The minimum Gasteiger partial charge on any atom is -0.326 e. The molecule has 0 saturated heterocycles. The first-order valence-electron chi connectivity index (χ1n) is 12.1. The Labute approximate surface area is 237 Å². The molecule has 9 heteroatoms. The third-order valence-electron chi connectivity index (χ3n) is 6.36. The van der Waals surface area contributed by atoms with Crippen molar-refractivity contribution in [3.05, 3.63) is 129 Å². The van der Waals surface area contributed by atoms with Gasteiger partial charge in [0.05, 0.1) is 12.5 Å². The quantitative estimate of drug-likeness (QED) is 0.269. The zero-order valence-corrected chi connectivity index (χ0v) is 22.8. The highest BCUT2D eigenvalue weighted by atomic mass is 79.9. The van der Waals surface area contributed by atoms with Gasteiger partial charge in [-0.05, 0) is 66.2 Å². The molecule has 0 bridgehead atoms. The number of rotatable bonds is 5. The molecule has 6 nitrogen and oxygen atoms in total. The molecule has 1 atom stereocenters. The maximum atomic E-state index is 15.1. The van der Waals surface area contributed by atoms with Crippen LogP contribution in [-0.4, -0.2) is 29.2 Å². The minimum absolute atomic E-state index is 0.198. The Balaban J connectivity index is 1.42. The number of amides is 3. The molecule has 3 amide bonds. The van der Waals surface area contributed by atoms with E-state index < -0.39 is 23.7 Å². The van der Waals surface area contributed by atoms with Crippen LogP contribution in [0.4, 0.5) is 15.8 Å². The van der Waals surface area contributed by atoms with Gasteiger partial charge in [0.1, 0.15) is 12.4 Å². The van der Waals surface area contributed by atoms with Crippen LogP contribution in [0, 0.1) is 5.82 Å². The van der Waals surface area contributed by atoms with Crippen LogP contribution < -0.4 is 10.6 Å². The Kier molecular flexibility index (Phi) is 7.77. The van der Waals surface area contributed by atoms with Crippen LogP contribution in [0.1, 0.15) is 33.1 Å². The molecule has 4 aromatic rings. The summed E-state index contributed by atoms with van der Waals surface area (Å²) in [4.78, 5) is 40.4. The summed E-state index contributed by atoms with van der Waals surface area (Å²) in [5.74, 6) is -1.60. The number of carbonyl (C=O) groups excluding carboxylic acids is 3. The van der Waals surface area contributed by atoms with Gasteiger partial charge in [0.25, 0.3) is 5.91 Å². The van der Waals surface area contributed by atoms with Gasteiger partial charge in [-0.15, -0.1) is 0 Å². The molecule has 0 saturated carbocycles. The molecule has 2 N–H and O–H groups in total. The molecule has 4 aromatic carbocycles. The molecule has 1 unspecified atom stereocenters. The monoisotopic (exact) mass is 605 g/mol. The van der Waals surface area contributed by atoms with E-state index in [2.05, 4.69) is 26.6 Å². The number of carbonyl (C=O) groups is 3. The van der Waals surface area contributed by atoms with Gasteiger partial charge in [0, 0.05) is 37.6 Å². The molecule has 0 spiro atoms. The summed E-state index contributed by atoms with van der Waals surface area (Å²) < 4.78 is 16.0. The summed E-state index contributed by atoms with van der Waals surface area (Å²) in [5, 5.41) is 6.01. The molecule has 0 fully saturated rings. The highest BCUT2D eigenvalue weighted by molar-refractivity contribution is 9.10. The van der Waals surface area contributed by atoms with E-state index in [9.17, 15) is 14.4 Å². The normalized spacial score (nSPS) is 14.7. The number of anilines is 2. The van der Waals surface area contributed by atoms with Crippen molar-refractivity contribution in [2.24, 2.45) is 0 Å². The molecule has 1 heterocycles. The van der Waals surface area contributed by atoms with Gasteiger partial charge in [0.2, 0.25) is 11.8 Å². The third-order valence-corrected chi connectivity index (χ3v) is 7.13. The molecule has 0 aromatic heterocycles. The summed E-state index contributed by atoms with van der Waals surface area (Å²) >= 11 is 9.65. The Bertz CT molecular complexity index is 1560. The average molecular weight is 607 g/mol. The van der Waals surface area contributed by atoms with Crippen molar-refractivity contribution < 1.29 is 18.8 Å². The van der Waals surface area contributed by atoms with Crippen molar-refractivity contribution in [2.45, 2.75) is 12.5 Å². The molecule has 5 rings (SSSR count). The SMILES string of the molecule is O=C(Cc1ccc(Br)cc1)Nc1ccc(C(=O)N2CC(=O)Nc3ccc(Cl)cc3C2c2ccccc2F)cc1. The zero-order valence-electron chi connectivity index (χ0n) is 20.5. The van der Waals surface area contributed by atoms with E-state index in [4.69, 9.17) is 11.6 Å². The van der Waals surface area contributed by atoms with Gasteiger partial charge in [-0.3, -0.25) is 14.4 Å². The van der Waals surface area contributed by atoms with Crippen LogP contribution >= 0.6 is 27.5 Å². The number of benzene rings is 4. The number of hydrogen-bond donors (Lipinski definition) is 2. The lowest BCUT2D eigenvalue weighted by atomic mass is 9.94. The third kappa shape index (κ3) is 6.02. The fourth-order valence-corrected chi connectivity index (χ4v) is 5.00. The van der Waals surface area contributed by atoms with Gasteiger partial charge in [-0.1, -0.05) is 57.9 Å². The van der Waals surface area contributed by atoms with Crippen LogP contribution in [-0.2, 0) is 16.0 Å². The minimum atomic E-state index is -0.906. The lowest BCUT2D eigenvalue weighted by Gasteiger charge is -2.31. The van der Waals surface area contributed by atoms with E-state index >= 15 is 4.39 Å². The second-order valence-corrected chi connectivity index (χ2v) is 10.4. The molecule has 0 radical (unpaired) electrons. The standard InChI is InChI=1S/C30H22BrClFN3O3/c31-20-9-5-18(6-10-20)15-27(37)34-22-12-7-19(8-13-22)30(39)36-17-28(38)35-26-14-11-21(32)16-24(26)29(36)23-3-1-2-4-25(23)33/h1-14,16,29H,15,17H2,(H,34,37)(H,35,38). The zero-order chi connectivity index (χ0) is 27.5. The molecular weight excluding hydrogens is 585 g/mol. The van der Waals surface area contributed by atoms with Gasteiger partial charge in [-0.25, -0.2) is 4.39 Å². The first-order valence-corrected chi connectivity index (χ1v) is 13.2. The predicted octanol–water partition coefficient (Wildman–Crippen LogP) is 6.61. The second kappa shape index (κ2) is 11.4. The van der Waals surface area contributed by atoms with Crippen LogP contribution in [0.5, 0.6) is 0 Å². The topological polar surface area (TPSA) is 78.5 Å². The first-order chi connectivity index (χ1) is 18.8. The Morgan fingerprint density at radius 3 is 2.41 bits per heavy atom. The number of fused-ring (bicyclic) bond motifs is 1. The van der Waals surface area contributed by atoms with E-state index in [-0.39, 0.29) is 30.0 Å². The molecule has 196 valence electrons. The number of nitrogens with one attached hydrogen (secondary N) is 2. The maximum absolute atomic E-state index is 15.1. The van der Waals surface area contributed by atoms with Crippen LogP contribution in [0.2, 0.25) is 5.02 Å². The average Bonchev–Trinajstić information content (AvgIpc) is 3.06. The number of hydrogen-bond acceptors (Lipinski definition) is 3. The summed E-state index contributed by atoms with van der Waals surface area (Å²) in [7, 11) is 0. The highest BCUT2D eigenvalue weighted by Crippen LogP contribution is 2.39. The van der Waals surface area contributed by atoms with E-state index in [1.54, 1.807) is 60.7 Å². The number of nitrogens with zero attached hydrogens (tertiary/aromatic N) is 1. The Hall–Kier alpha value is -4.01. The maximum Gasteiger partial charge on any atom is 0.255 e. The second-order valence-electron chi connectivity index (χ2n) is 9.07. The van der Waals surface area contributed by atoms with Crippen molar-refractivity contribution >= 4 is 56.6 Å². The van der Waals surface area contributed by atoms with Gasteiger partial charge in [0.15, 0.2) is 0 Å².